The van der Waals surface area contributed by atoms with Gasteiger partial charge in [0.2, 0.25) is 0 Å². The molecule has 0 aromatic heterocycles. The van der Waals surface area contributed by atoms with Crippen LogP contribution < -0.4 is 15.6 Å². The molecule has 2 rings (SSSR count). The average Bonchev–Trinajstić information content (AvgIpc) is 2.51. The summed E-state index contributed by atoms with van der Waals surface area (Å²) >= 11 is 5.92. The van der Waals surface area contributed by atoms with Gasteiger partial charge in [-0.3, -0.25) is 20.4 Å². The second-order valence-corrected chi connectivity index (χ2v) is 5.50. The summed E-state index contributed by atoms with van der Waals surface area (Å²) in [6.45, 7) is 3.55. The van der Waals surface area contributed by atoms with Gasteiger partial charge in [0.05, 0.1) is 5.02 Å². The number of hydrogen-bond donors (Lipinski definition) is 2. The van der Waals surface area contributed by atoms with Crippen molar-refractivity contribution in [2.24, 2.45) is 0 Å². The van der Waals surface area contributed by atoms with Gasteiger partial charge in [-0.15, -0.1) is 0 Å². The second-order valence-electron chi connectivity index (χ2n) is 5.10. The molecule has 0 saturated carbocycles. The van der Waals surface area contributed by atoms with Crippen LogP contribution in [0.4, 0.5) is 0 Å². The number of rotatable bonds is 4. The first-order valence-electron chi connectivity index (χ1n) is 7.00. The van der Waals surface area contributed by atoms with Gasteiger partial charge in [0.1, 0.15) is 5.75 Å². The van der Waals surface area contributed by atoms with Crippen molar-refractivity contribution in [1.82, 2.24) is 10.9 Å². The van der Waals surface area contributed by atoms with E-state index >= 15 is 0 Å². The molecule has 120 valence electrons. The van der Waals surface area contributed by atoms with Crippen LogP contribution in [0.15, 0.2) is 42.5 Å². The first-order chi connectivity index (χ1) is 11.0. The lowest BCUT2D eigenvalue weighted by atomic mass is 10.1. The fraction of sp³-hybridized carbons (Fsp3) is 0.176. The minimum Gasteiger partial charge on any atom is -0.482 e. The van der Waals surface area contributed by atoms with E-state index in [1.807, 2.05) is 19.9 Å². The fourth-order valence-electron chi connectivity index (χ4n) is 2.05. The van der Waals surface area contributed by atoms with Crippen molar-refractivity contribution in [2.75, 3.05) is 6.61 Å². The van der Waals surface area contributed by atoms with E-state index in [-0.39, 0.29) is 12.5 Å². The molecule has 23 heavy (non-hydrogen) atoms. The van der Waals surface area contributed by atoms with Gasteiger partial charge in [-0.25, -0.2) is 0 Å². The number of amides is 2. The smallest absolute Gasteiger partial charge is 0.276 e. The summed E-state index contributed by atoms with van der Waals surface area (Å²) in [7, 11) is 0. The lowest BCUT2D eigenvalue weighted by molar-refractivity contribution is -0.123. The molecule has 5 nitrogen and oxygen atoms in total. The van der Waals surface area contributed by atoms with Crippen LogP contribution in [0, 0.1) is 13.8 Å². The van der Waals surface area contributed by atoms with E-state index in [9.17, 15) is 9.59 Å². The summed E-state index contributed by atoms with van der Waals surface area (Å²) in [6.07, 6.45) is 0. The zero-order valence-electron chi connectivity index (χ0n) is 12.9. The van der Waals surface area contributed by atoms with Crippen LogP contribution >= 0.6 is 11.6 Å². The summed E-state index contributed by atoms with van der Waals surface area (Å²) in [5.74, 6) is -0.463. The number of halogens is 1. The highest BCUT2D eigenvalue weighted by Gasteiger charge is 2.09. The van der Waals surface area contributed by atoms with Crippen molar-refractivity contribution in [2.45, 2.75) is 13.8 Å². The van der Waals surface area contributed by atoms with E-state index in [1.54, 1.807) is 36.4 Å². The maximum atomic E-state index is 12.0. The Hall–Kier alpha value is -2.53. The van der Waals surface area contributed by atoms with Crippen LogP contribution in [-0.4, -0.2) is 18.4 Å². The molecule has 2 aromatic rings. The third-order valence-electron chi connectivity index (χ3n) is 2.99. The zero-order valence-corrected chi connectivity index (χ0v) is 13.6. The van der Waals surface area contributed by atoms with Crippen molar-refractivity contribution >= 4 is 23.4 Å². The predicted molar refractivity (Wildman–Crippen MR) is 88.5 cm³/mol. The molecule has 0 aliphatic heterocycles. The molecule has 0 spiro atoms. The minimum atomic E-state index is -0.484. The molecule has 0 radical (unpaired) electrons. The van der Waals surface area contributed by atoms with Gasteiger partial charge >= 0.3 is 0 Å². The Labute approximate surface area is 139 Å². The number of hydrazine groups is 1. The monoisotopic (exact) mass is 332 g/mol. The van der Waals surface area contributed by atoms with E-state index in [0.717, 1.165) is 11.1 Å². The molecule has 0 atom stereocenters. The summed E-state index contributed by atoms with van der Waals surface area (Å²) < 4.78 is 5.28. The number of ether oxygens (including phenoxy) is 1. The molecule has 0 aliphatic rings. The average molecular weight is 333 g/mol. The van der Waals surface area contributed by atoms with E-state index in [4.69, 9.17) is 16.3 Å². The van der Waals surface area contributed by atoms with Crippen LogP contribution in [0.2, 0.25) is 5.02 Å². The van der Waals surface area contributed by atoms with E-state index < -0.39 is 5.91 Å². The van der Waals surface area contributed by atoms with Crippen LogP contribution in [-0.2, 0) is 4.79 Å². The van der Waals surface area contributed by atoms with E-state index in [0.29, 0.717) is 16.3 Å². The Bertz CT molecular complexity index is 711. The quantitative estimate of drug-likeness (QED) is 0.846. The molecule has 2 aromatic carbocycles. The fourth-order valence-corrected chi connectivity index (χ4v) is 2.24. The van der Waals surface area contributed by atoms with Gasteiger partial charge in [0, 0.05) is 5.56 Å². The summed E-state index contributed by atoms with van der Waals surface area (Å²) in [4.78, 5) is 23.7. The number of carbonyl (C=O) groups excluding carboxylic acids is 2. The van der Waals surface area contributed by atoms with Crippen molar-refractivity contribution < 1.29 is 14.3 Å². The number of para-hydroxylation sites is 1. The van der Waals surface area contributed by atoms with Gasteiger partial charge in [-0.05, 0) is 38.1 Å². The van der Waals surface area contributed by atoms with Crippen LogP contribution in [0.5, 0.6) is 5.75 Å². The molecule has 2 amide bonds. The molecule has 6 heteroatoms. The first kappa shape index (κ1) is 16.8. The number of carbonyl (C=O) groups is 2. The van der Waals surface area contributed by atoms with Crippen molar-refractivity contribution in [1.29, 1.82) is 0 Å². The number of nitrogens with one attached hydrogen (secondary N) is 2. The lowest BCUT2D eigenvalue weighted by Gasteiger charge is -2.10. The normalized spacial score (nSPS) is 10.0. The second kappa shape index (κ2) is 7.65. The number of aryl methyl sites for hydroxylation is 2. The van der Waals surface area contributed by atoms with Crippen molar-refractivity contribution in [3.8, 4) is 5.75 Å². The lowest BCUT2D eigenvalue weighted by Crippen LogP contribution is -2.43. The largest absolute Gasteiger partial charge is 0.482 e. The molecule has 0 fully saturated rings. The first-order valence-corrected chi connectivity index (χ1v) is 7.38. The summed E-state index contributed by atoms with van der Waals surface area (Å²) in [5.41, 5.74) is 7.09. The van der Waals surface area contributed by atoms with Crippen LogP contribution in [0.1, 0.15) is 21.5 Å². The Balaban J connectivity index is 1.84. The molecule has 0 bridgehead atoms. The Morgan fingerprint density at radius 3 is 2.35 bits per heavy atom. The highest BCUT2D eigenvalue weighted by Crippen LogP contribution is 2.22. The topological polar surface area (TPSA) is 67.4 Å². The van der Waals surface area contributed by atoms with E-state index in [1.165, 1.54) is 0 Å². The van der Waals surface area contributed by atoms with Gasteiger partial charge < -0.3 is 4.74 Å². The molecule has 0 heterocycles. The van der Waals surface area contributed by atoms with Crippen molar-refractivity contribution in [3.63, 3.8) is 0 Å². The third kappa shape index (κ3) is 5.00. The molecule has 0 aliphatic carbocycles. The van der Waals surface area contributed by atoms with Crippen LogP contribution in [0.25, 0.3) is 0 Å². The van der Waals surface area contributed by atoms with Gasteiger partial charge in [-0.1, -0.05) is 40.9 Å². The predicted octanol–water partition coefficient (Wildman–Crippen LogP) is 2.80. The molecule has 0 unspecified atom stereocenters. The highest BCUT2D eigenvalue weighted by atomic mass is 35.5. The SMILES string of the molecule is Cc1cc(C)cc(C(=O)NNC(=O)COc2ccccc2Cl)c1. The molecule has 0 saturated heterocycles. The third-order valence-corrected chi connectivity index (χ3v) is 3.31. The Morgan fingerprint density at radius 1 is 1.04 bits per heavy atom. The van der Waals surface area contributed by atoms with Gasteiger partial charge in [-0.2, -0.15) is 0 Å². The molecular formula is C17H17ClN2O3. The Morgan fingerprint density at radius 2 is 1.70 bits per heavy atom. The van der Waals surface area contributed by atoms with Gasteiger partial charge in [0.15, 0.2) is 6.61 Å². The minimum absolute atomic E-state index is 0.253. The standard InChI is InChI=1S/C17H17ClN2O3/c1-11-7-12(2)9-13(8-11)17(22)20-19-16(21)10-23-15-6-4-3-5-14(15)18/h3-9H,10H2,1-2H3,(H,19,21)(H,20,22). The number of benzene rings is 2. The maximum absolute atomic E-state index is 12.0. The molecule has 2 N–H and O–H groups in total. The summed E-state index contributed by atoms with van der Waals surface area (Å²) in [5, 5.41) is 0.416. The van der Waals surface area contributed by atoms with Crippen LogP contribution in [0.3, 0.4) is 0 Å². The Kier molecular flexibility index (Phi) is 5.60. The van der Waals surface area contributed by atoms with Crippen molar-refractivity contribution in [3.05, 3.63) is 64.2 Å². The maximum Gasteiger partial charge on any atom is 0.276 e. The van der Waals surface area contributed by atoms with E-state index in [2.05, 4.69) is 10.9 Å². The highest BCUT2D eigenvalue weighted by molar-refractivity contribution is 6.32. The van der Waals surface area contributed by atoms with Gasteiger partial charge in [0.25, 0.3) is 11.8 Å². The number of hydrogen-bond acceptors (Lipinski definition) is 3. The molecular weight excluding hydrogens is 316 g/mol. The zero-order chi connectivity index (χ0) is 16.8. The summed E-state index contributed by atoms with van der Waals surface area (Å²) in [6, 6.07) is 12.3.